The summed E-state index contributed by atoms with van der Waals surface area (Å²) in [5.41, 5.74) is 1.00. The molecular formula is C14H18N2O3S. The minimum Gasteiger partial charge on any atom is -0.445 e. The lowest BCUT2D eigenvalue weighted by atomic mass is 10.0. The highest BCUT2D eigenvalue weighted by molar-refractivity contribution is 7.89. The van der Waals surface area contributed by atoms with E-state index in [2.05, 4.69) is 9.71 Å². The van der Waals surface area contributed by atoms with Crippen molar-refractivity contribution >= 4 is 10.0 Å². The van der Waals surface area contributed by atoms with Crippen LogP contribution in [-0.4, -0.2) is 19.2 Å². The molecule has 2 rings (SSSR count). The maximum atomic E-state index is 12.0. The van der Waals surface area contributed by atoms with E-state index < -0.39 is 10.0 Å². The molecule has 0 spiro atoms. The molecule has 5 nitrogen and oxygen atoms in total. The lowest BCUT2D eigenvalue weighted by Gasteiger charge is -2.12. The molecule has 1 atom stereocenters. The van der Waals surface area contributed by atoms with Crippen molar-refractivity contribution in [2.45, 2.75) is 26.3 Å². The van der Waals surface area contributed by atoms with Crippen LogP contribution < -0.4 is 4.72 Å². The molecule has 0 saturated heterocycles. The van der Waals surface area contributed by atoms with Gasteiger partial charge in [0.25, 0.3) is 0 Å². The van der Waals surface area contributed by atoms with Gasteiger partial charge in [0, 0.05) is 0 Å². The van der Waals surface area contributed by atoms with Gasteiger partial charge in [-0.2, -0.15) is 0 Å². The Morgan fingerprint density at radius 3 is 2.60 bits per heavy atom. The summed E-state index contributed by atoms with van der Waals surface area (Å²) in [4.78, 5) is 3.96. The maximum absolute atomic E-state index is 12.0. The number of aryl methyl sites for hydroxylation is 1. The van der Waals surface area contributed by atoms with Crippen LogP contribution in [0.5, 0.6) is 0 Å². The lowest BCUT2D eigenvalue weighted by Crippen LogP contribution is -2.28. The van der Waals surface area contributed by atoms with E-state index in [0.717, 1.165) is 5.56 Å². The zero-order valence-electron chi connectivity index (χ0n) is 11.5. The van der Waals surface area contributed by atoms with Crippen molar-refractivity contribution in [1.29, 1.82) is 0 Å². The van der Waals surface area contributed by atoms with Crippen LogP contribution in [0.3, 0.4) is 0 Å². The summed E-state index contributed by atoms with van der Waals surface area (Å²) in [6.07, 6.45) is 1.57. The van der Waals surface area contributed by atoms with Crippen LogP contribution in [0.1, 0.15) is 30.1 Å². The van der Waals surface area contributed by atoms with Crippen molar-refractivity contribution < 1.29 is 12.8 Å². The molecule has 0 aliphatic heterocycles. The predicted octanol–water partition coefficient (Wildman–Crippen LogP) is 2.21. The van der Waals surface area contributed by atoms with E-state index in [0.29, 0.717) is 11.7 Å². The SMILES string of the molecule is Cc1cnc(CNS(=O)(=O)C[C@@H](C)c2ccccc2)o1. The summed E-state index contributed by atoms with van der Waals surface area (Å²) in [5, 5.41) is 0. The molecule has 6 heteroatoms. The Balaban J connectivity index is 1.94. The first-order chi connectivity index (χ1) is 9.46. The second-order valence-electron chi connectivity index (χ2n) is 4.78. The molecule has 0 unspecified atom stereocenters. The van der Waals surface area contributed by atoms with Gasteiger partial charge >= 0.3 is 0 Å². The summed E-state index contributed by atoms with van der Waals surface area (Å²) < 4.78 is 31.8. The van der Waals surface area contributed by atoms with Gasteiger partial charge in [0.15, 0.2) is 0 Å². The van der Waals surface area contributed by atoms with Crippen molar-refractivity contribution in [3.8, 4) is 0 Å². The van der Waals surface area contributed by atoms with Crippen molar-refractivity contribution in [1.82, 2.24) is 9.71 Å². The molecule has 0 radical (unpaired) electrons. The Morgan fingerprint density at radius 1 is 1.30 bits per heavy atom. The molecule has 20 heavy (non-hydrogen) atoms. The van der Waals surface area contributed by atoms with Crippen molar-refractivity contribution in [3.63, 3.8) is 0 Å². The molecule has 0 saturated carbocycles. The van der Waals surface area contributed by atoms with Crippen LogP contribution >= 0.6 is 0 Å². The number of sulfonamides is 1. The highest BCUT2D eigenvalue weighted by Crippen LogP contribution is 2.16. The molecule has 0 bridgehead atoms. The molecule has 1 N–H and O–H groups in total. The Morgan fingerprint density at radius 2 is 2.00 bits per heavy atom. The summed E-state index contributed by atoms with van der Waals surface area (Å²) in [7, 11) is -3.37. The van der Waals surface area contributed by atoms with E-state index in [4.69, 9.17) is 4.42 Å². The summed E-state index contributed by atoms with van der Waals surface area (Å²) in [6.45, 7) is 3.74. The van der Waals surface area contributed by atoms with Crippen LogP contribution in [0.25, 0.3) is 0 Å². The van der Waals surface area contributed by atoms with E-state index in [1.54, 1.807) is 13.1 Å². The van der Waals surface area contributed by atoms with Gasteiger partial charge in [-0.25, -0.2) is 18.1 Å². The highest BCUT2D eigenvalue weighted by Gasteiger charge is 2.17. The molecule has 2 aromatic rings. The average molecular weight is 294 g/mol. The van der Waals surface area contributed by atoms with Gasteiger partial charge in [-0.05, 0) is 18.4 Å². The largest absolute Gasteiger partial charge is 0.445 e. The maximum Gasteiger partial charge on any atom is 0.212 e. The molecule has 0 aliphatic rings. The number of aromatic nitrogens is 1. The zero-order valence-corrected chi connectivity index (χ0v) is 12.4. The molecule has 0 aliphatic carbocycles. The van der Waals surface area contributed by atoms with E-state index in [9.17, 15) is 8.42 Å². The molecule has 0 amide bonds. The fraction of sp³-hybridized carbons (Fsp3) is 0.357. The topological polar surface area (TPSA) is 72.2 Å². The minimum atomic E-state index is -3.37. The second-order valence-corrected chi connectivity index (χ2v) is 6.63. The molecule has 1 aromatic carbocycles. The lowest BCUT2D eigenvalue weighted by molar-refractivity contribution is 0.463. The van der Waals surface area contributed by atoms with Crippen LogP contribution in [0.2, 0.25) is 0 Å². The third-order valence-electron chi connectivity index (χ3n) is 2.95. The Labute approximate surface area is 119 Å². The fourth-order valence-corrected chi connectivity index (χ4v) is 3.23. The fourth-order valence-electron chi connectivity index (χ4n) is 1.92. The predicted molar refractivity (Wildman–Crippen MR) is 76.7 cm³/mol. The first-order valence-corrected chi connectivity index (χ1v) is 8.05. The first kappa shape index (κ1) is 14.7. The quantitative estimate of drug-likeness (QED) is 0.886. The van der Waals surface area contributed by atoms with Crippen molar-refractivity contribution in [2.75, 3.05) is 5.75 Å². The number of nitrogens with zero attached hydrogens (tertiary/aromatic N) is 1. The van der Waals surface area contributed by atoms with E-state index in [-0.39, 0.29) is 18.2 Å². The van der Waals surface area contributed by atoms with Gasteiger partial charge in [-0.1, -0.05) is 37.3 Å². The standard InChI is InChI=1S/C14H18N2O3S/c1-11(13-6-4-3-5-7-13)10-20(17,18)16-9-14-15-8-12(2)19-14/h3-8,11,16H,9-10H2,1-2H3/t11-/m1/s1. The number of hydrogen-bond donors (Lipinski definition) is 1. The summed E-state index contributed by atoms with van der Waals surface area (Å²) in [6, 6.07) is 9.58. The summed E-state index contributed by atoms with van der Waals surface area (Å²) >= 11 is 0. The van der Waals surface area contributed by atoms with Gasteiger partial charge < -0.3 is 4.42 Å². The van der Waals surface area contributed by atoms with Gasteiger partial charge in [0.1, 0.15) is 5.76 Å². The zero-order chi connectivity index (χ0) is 14.6. The molecule has 108 valence electrons. The Kier molecular flexibility index (Phi) is 4.57. The molecule has 0 fully saturated rings. The number of hydrogen-bond acceptors (Lipinski definition) is 4. The number of nitrogens with one attached hydrogen (secondary N) is 1. The Bertz CT molecular complexity index is 650. The summed E-state index contributed by atoms with van der Waals surface area (Å²) in [5.74, 6) is 1.01. The average Bonchev–Trinajstić information content (AvgIpc) is 2.83. The van der Waals surface area contributed by atoms with Gasteiger partial charge in [0.05, 0.1) is 18.5 Å². The van der Waals surface area contributed by atoms with Crippen molar-refractivity contribution in [3.05, 3.63) is 53.7 Å². The van der Waals surface area contributed by atoms with Crippen LogP contribution in [-0.2, 0) is 16.6 Å². The third kappa shape index (κ3) is 4.18. The van der Waals surface area contributed by atoms with Gasteiger partial charge in [-0.3, -0.25) is 0 Å². The Hall–Kier alpha value is -1.66. The van der Waals surface area contributed by atoms with Crippen molar-refractivity contribution in [2.24, 2.45) is 0 Å². The van der Waals surface area contributed by atoms with E-state index >= 15 is 0 Å². The minimum absolute atomic E-state index is 0.0384. The third-order valence-corrected chi connectivity index (χ3v) is 4.47. The highest BCUT2D eigenvalue weighted by atomic mass is 32.2. The first-order valence-electron chi connectivity index (χ1n) is 6.40. The van der Waals surface area contributed by atoms with Crippen LogP contribution in [0.15, 0.2) is 40.9 Å². The number of rotatable bonds is 6. The molecular weight excluding hydrogens is 276 g/mol. The molecule has 1 aromatic heterocycles. The second kappa shape index (κ2) is 6.19. The van der Waals surface area contributed by atoms with Gasteiger partial charge in [0.2, 0.25) is 15.9 Å². The van der Waals surface area contributed by atoms with Crippen LogP contribution in [0, 0.1) is 6.92 Å². The van der Waals surface area contributed by atoms with Gasteiger partial charge in [-0.15, -0.1) is 0 Å². The molecule has 1 heterocycles. The van der Waals surface area contributed by atoms with E-state index in [1.165, 1.54) is 0 Å². The number of benzene rings is 1. The van der Waals surface area contributed by atoms with Crippen LogP contribution in [0.4, 0.5) is 0 Å². The van der Waals surface area contributed by atoms with E-state index in [1.807, 2.05) is 37.3 Å². The number of oxazole rings is 1. The monoisotopic (exact) mass is 294 g/mol. The smallest absolute Gasteiger partial charge is 0.212 e. The normalized spacial score (nSPS) is 13.3.